The van der Waals surface area contributed by atoms with Gasteiger partial charge in [-0.3, -0.25) is 0 Å². The molecule has 0 aromatic carbocycles. The number of rotatable bonds is 1. The van der Waals surface area contributed by atoms with E-state index in [-0.39, 0.29) is 0 Å². The molecule has 0 spiro atoms. The van der Waals surface area contributed by atoms with Gasteiger partial charge in [0.25, 0.3) is 0 Å². The summed E-state index contributed by atoms with van der Waals surface area (Å²) in [7, 11) is 0. The highest BCUT2D eigenvalue weighted by Gasteiger charge is 2.28. The lowest BCUT2D eigenvalue weighted by Crippen LogP contribution is -2.43. The molecule has 1 aliphatic carbocycles. The molecule has 0 amide bonds. The Balaban J connectivity index is 1.87. The molecule has 2 aliphatic rings. The van der Waals surface area contributed by atoms with E-state index in [9.17, 15) is 0 Å². The molecule has 1 aliphatic heterocycles. The topological polar surface area (TPSA) is 3.24 Å². The van der Waals surface area contributed by atoms with E-state index in [0.717, 1.165) is 17.9 Å². The van der Waals surface area contributed by atoms with Gasteiger partial charge in [-0.1, -0.05) is 26.7 Å². The maximum absolute atomic E-state index is 2.76. The second-order valence-corrected chi connectivity index (χ2v) is 5.18. The first-order valence-electron chi connectivity index (χ1n) is 6.01. The summed E-state index contributed by atoms with van der Waals surface area (Å²) in [5.74, 6) is 1.88. The zero-order valence-electron chi connectivity index (χ0n) is 9.13. The van der Waals surface area contributed by atoms with Crippen LogP contribution in [0.3, 0.4) is 0 Å². The molecular formula is C12H23N. The van der Waals surface area contributed by atoms with Gasteiger partial charge in [0.1, 0.15) is 0 Å². The standard InChI is InChI=1S/C12H23N/c1-10-7-8-13(9-11(10)2)12-5-3-4-6-12/h10-12H,3-9H2,1-2H3. The predicted molar refractivity (Wildman–Crippen MR) is 56.8 cm³/mol. The smallest absolute Gasteiger partial charge is 0.00953 e. The van der Waals surface area contributed by atoms with Crippen LogP contribution in [-0.2, 0) is 0 Å². The fraction of sp³-hybridized carbons (Fsp3) is 1.00. The average Bonchev–Trinajstić information content (AvgIpc) is 2.62. The Morgan fingerprint density at radius 3 is 2.23 bits per heavy atom. The number of piperidine rings is 1. The Hall–Kier alpha value is -0.0400. The van der Waals surface area contributed by atoms with Crippen molar-refractivity contribution in [2.45, 2.75) is 52.0 Å². The molecule has 1 heterocycles. The molecule has 0 radical (unpaired) electrons. The Morgan fingerprint density at radius 2 is 1.62 bits per heavy atom. The van der Waals surface area contributed by atoms with Crippen LogP contribution in [0, 0.1) is 11.8 Å². The van der Waals surface area contributed by atoms with Crippen molar-refractivity contribution in [1.82, 2.24) is 4.90 Å². The largest absolute Gasteiger partial charge is 0.300 e. The fourth-order valence-corrected chi connectivity index (χ4v) is 2.90. The van der Waals surface area contributed by atoms with E-state index in [1.165, 1.54) is 45.2 Å². The second-order valence-electron chi connectivity index (χ2n) is 5.18. The number of hydrogen-bond donors (Lipinski definition) is 0. The molecule has 1 nitrogen and oxygen atoms in total. The molecule has 2 unspecified atom stereocenters. The predicted octanol–water partition coefficient (Wildman–Crippen LogP) is 2.91. The number of hydrogen-bond acceptors (Lipinski definition) is 1. The molecule has 2 atom stereocenters. The molecular weight excluding hydrogens is 158 g/mol. The molecule has 1 saturated carbocycles. The summed E-state index contributed by atoms with van der Waals surface area (Å²) in [5, 5.41) is 0. The molecule has 13 heavy (non-hydrogen) atoms. The van der Waals surface area contributed by atoms with Crippen molar-refractivity contribution in [2.24, 2.45) is 11.8 Å². The van der Waals surface area contributed by atoms with Crippen LogP contribution >= 0.6 is 0 Å². The van der Waals surface area contributed by atoms with Crippen molar-refractivity contribution in [3.8, 4) is 0 Å². The summed E-state index contributed by atoms with van der Waals surface area (Å²) >= 11 is 0. The molecule has 0 N–H and O–H groups in total. The van der Waals surface area contributed by atoms with Gasteiger partial charge >= 0.3 is 0 Å². The third kappa shape index (κ3) is 2.07. The van der Waals surface area contributed by atoms with E-state index in [1.54, 1.807) is 0 Å². The van der Waals surface area contributed by atoms with Gasteiger partial charge in [-0.2, -0.15) is 0 Å². The molecule has 0 bridgehead atoms. The van der Waals surface area contributed by atoms with E-state index < -0.39 is 0 Å². The van der Waals surface area contributed by atoms with Gasteiger partial charge < -0.3 is 4.90 Å². The van der Waals surface area contributed by atoms with Gasteiger partial charge in [-0.15, -0.1) is 0 Å². The van der Waals surface area contributed by atoms with Crippen molar-refractivity contribution < 1.29 is 0 Å². The Bertz CT molecular complexity index is 161. The average molecular weight is 181 g/mol. The SMILES string of the molecule is CC1CCN(C2CCCC2)CC1C. The highest BCUT2D eigenvalue weighted by atomic mass is 15.2. The van der Waals surface area contributed by atoms with E-state index in [4.69, 9.17) is 0 Å². The van der Waals surface area contributed by atoms with Gasteiger partial charge in [-0.25, -0.2) is 0 Å². The lowest BCUT2D eigenvalue weighted by molar-refractivity contribution is 0.0977. The third-order valence-electron chi connectivity index (χ3n) is 4.21. The Morgan fingerprint density at radius 1 is 0.923 bits per heavy atom. The van der Waals surface area contributed by atoms with Crippen molar-refractivity contribution in [3.63, 3.8) is 0 Å². The van der Waals surface area contributed by atoms with Crippen LogP contribution in [0.1, 0.15) is 46.0 Å². The third-order valence-corrected chi connectivity index (χ3v) is 4.21. The van der Waals surface area contributed by atoms with Gasteiger partial charge in [0, 0.05) is 12.6 Å². The minimum absolute atomic E-state index is 0.925. The lowest BCUT2D eigenvalue weighted by Gasteiger charge is -2.38. The second kappa shape index (κ2) is 4.00. The van der Waals surface area contributed by atoms with E-state index in [1.807, 2.05) is 0 Å². The summed E-state index contributed by atoms with van der Waals surface area (Å²) in [6, 6.07) is 0.954. The minimum Gasteiger partial charge on any atom is -0.300 e. The van der Waals surface area contributed by atoms with Gasteiger partial charge in [-0.05, 0) is 37.6 Å². The van der Waals surface area contributed by atoms with Crippen molar-refractivity contribution in [1.29, 1.82) is 0 Å². The summed E-state index contributed by atoms with van der Waals surface area (Å²) in [6.07, 6.45) is 7.33. The Kier molecular flexibility index (Phi) is 2.92. The Labute approximate surface area is 82.5 Å². The first-order valence-corrected chi connectivity index (χ1v) is 6.01. The van der Waals surface area contributed by atoms with E-state index >= 15 is 0 Å². The summed E-state index contributed by atoms with van der Waals surface area (Å²) < 4.78 is 0. The normalized spacial score (nSPS) is 38.3. The number of likely N-dealkylation sites (tertiary alicyclic amines) is 1. The van der Waals surface area contributed by atoms with E-state index in [2.05, 4.69) is 18.7 Å². The summed E-state index contributed by atoms with van der Waals surface area (Å²) in [6.45, 7) is 7.57. The zero-order chi connectivity index (χ0) is 9.26. The highest BCUT2D eigenvalue weighted by Crippen LogP contribution is 2.29. The molecule has 1 heteroatoms. The van der Waals surface area contributed by atoms with E-state index in [0.29, 0.717) is 0 Å². The first kappa shape index (κ1) is 9.51. The minimum atomic E-state index is 0.925. The van der Waals surface area contributed by atoms with Crippen LogP contribution in [0.15, 0.2) is 0 Å². The summed E-state index contributed by atoms with van der Waals surface area (Å²) in [5.41, 5.74) is 0. The molecule has 2 fully saturated rings. The monoisotopic (exact) mass is 181 g/mol. The molecule has 0 aromatic rings. The highest BCUT2D eigenvalue weighted by molar-refractivity contribution is 4.83. The van der Waals surface area contributed by atoms with Crippen molar-refractivity contribution in [3.05, 3.63) is 0 Å². The van der Waals surface area contributed by atoms with Gasteiger partial charge in [0.15, 0.2) is 0 Å². The zero-order valence-corrected chi connectivity index (χ0v) is 9.13. The first-order chi connectivity index (χ1) is 6.27. The number of nitrogens with zero attached hydrogens (tertiary/aromatic N) is 1. The van der Waals surface area contributed by atoms with Crippen LogP contribution in [0.2, 0.25) is 0 Å². The van der Waals surface area contributed by atoms with Crippen LogP contribution in [0.4, 0.5) is 0 Å². The van der Waals surface area contributed by atoms with Crippen LogP contribution in [0.25, 0.3) is 0 Å². The van der Waals surface area contributed by atoms with Crippen LogP contribution < -0.4 is 0 Å². The maximum atomic E-state index is 2.76. The lowest BCUT2D eigenvalue weighted by atomic mass is 9.88. The molecule has 2 rings (SSSR count). The maximum Gasteiger partial charge on any atom is 0.00953 e. The van der Waals surface area contributed by atoms with Crippen LogP contribution in [0.5, 0.6) is 0 Å². The fourth-order valence-electron chi connectivity index (χ4n) is 2.90. The molecule has 1 saturated heterocycles. The van der Waals surface area contributed by atoms with Gasteiger partial charge in [0.05, 0.1) is 0 Å². The van der Waals surface area contributed by atoms with Crippen LogP contribution in [-0.4, -0.2) is 24.0 Å². The quantitative estimate of drug-likeness (QED) is 0.601. The molecule has 76 valence electrons. The van der Waals surface area contributed by atoms with Crippen molar-refractivity contribution in [2.75, 3.05) is 13.1 Å². The molecule has 0 aromatic heterocycles. The van der Waals surface area contributed by atoms with Gasteiger partial charge in [0.2, 0.25) is 0 Å². The summed E-state index contributed by atoms with van der Waals surface area (Å²) in [4.78, 5) is 2.76. The van der Waals surface area contributed by atoms with Crippen molar-refractivity contribution >= 4 is 0 Å².